The topological polar surface area (TPSA) is 100 Å². The molecular formula is C27H23FIN3O4. The summed E-state index contributed by atoms with van der Waals surface area (Å²) in [5, 5.41) is 15.0. The third-order valence-electron chi connectivity index (χ3n) is 5.26. The van der Waals surface area contributed by atoms with E-state index in [0.717, 1.165) is 11.1 Å². The molecule has 0 aliphatic rings. The molecule has 0 bridgehead atoms. The largest absolute Gasteiger partial charge is 0.493 e. The molecule has 0 unspecified atom stereocenters. The van der Waals surface area contributed by atoms with Crippen LogP contribution in [0.2, 0.25) is 0 Å². The van der Waals surface area contributed by atoms with Crippen molar-refractivity contribution < 1.29 is 23.5 Å². The highest BCUT2D eigenvalue weighted by molar-refractivity contribution is 14.1. The fraction of sp³-hybridized carbons (Fsp3) is 0.148. The molecule has 2 N–H and O–H groups in total. The number of carbonyl (C=O) groups is 2. The zero-order valence-electron chi connectivity index (χ0n) is 19.8. The molecule has 0 fully saturated rings. The predicted molar refractivity (Wildman–Crippen MR) is 144 cm³/mol. The normalized spacial score (nSPS) is 10.8. The molecule has 3 aromatic carbocycles. The third-order valence-corrected chi connectivity index (χ3v) is 6.06. The molecule has 0 spiro atoms. The smallest absolute Gasteiger partial charge is 0.266 e. The summed E-state index contributed by atoms with van der Waals surface area (Å²) < 4.78 is 24.7. The quantitative estimate of drug-likeness (QED) is 0.199. The summed E-state index contributed by atoms with van der Waals surface area (Å²) >= 11 is 2.02. The second-order valence-electron chi connectivity index (χ2n) is 7.75. The number of amides is 2. The first-order chi connectivity index (χ1) is 17.2. The van der Waals surface area contributed by atoms with Crippen LogP contribution in [0.25, 0.3) is 6.08 Å². The summed E-state index contributed by atoms with van der Waals surface area (Å²) in [5.74, 6) is -0.700. The molecule has 3 aromatic rings. The molecule has 0 aromatic heterocycles. The fourth-order valence-corrected chi connectivity index (χ4v) is 4.00. The Morgan fingerprint density at radius 2 is 1.83 bits per heavy atom. The molecule has 0 saturated heterocycles. The second kappa shape index (κ2) is 12.2. The lowest BCUT2D eigenvalue weighted by Crippen LogP contribution is -2.20. The number of hydrogen-bond acceptors (Lipinski definition) is 5. The minimum Gasteiger partial charge on any atom is -0.493 e. The van der Waals surface area contributed by atoms with Crippen LogP contribution in [-0.4, -0.2) is 25.5 Å². The number of aryl methyl sites for hydroxylation is 1. The molecule has 0 aliphatic carbocycles. The molecular weight excluding hydrogens is 576 g/mol. The maximum atomic E-state index is 13.0. The number of anilines is 2. The van der Waals surface area contributed by atoms with Crippen molar-refractivity contribution in [3.63, 3.8) is 0 Å². The number of methoxy groups -OCH3 is 1. The van der Waals surface area contributed by atoms with Crippen LogP contribution >= 0.6 is 22.6 Å². The molecule has 0 atom stereocenters. The summed E-state index contributed by atoms with van der Waals surface area (Å²) in [4.78, 5) is 25.0. The van der Waals surface area contributed by atoms with E-state index in [-0.39, 0.29) is 12.2 Å². The van der Waals surface area contributed by atoms with Crippen molar-refractivity contribution in [1.29, 1.82) is 5.26 Å². The van der Waals surface area contributed by atoms with Crippen LogP contribution in [0.3, 0.4) is 0 Å². The molecule has 7 nitrogen and oxygen atoms in total. The van der Waals surface area contributed by atoms with E-state index in [0.29, 0.717) is 32.0 Å². The SMILES string of the molecule is COc1cc(/C=C(/C#N)C(=O)Nc2cccc(C)c2C)cc(I)c1OCC(=O)Nc1ccc(F)cc1. The Morgan fingerprint density at radius 1 is 1.11 bits per heavy atom. The molecule has 184 valence electrons. The Kier molecular flexibility index (Phi) is 9.02. The van der Waals surface area contributed by atoms with Crippen LogP contribution in [0.5, 0.6) is 11.5 Å². The summed E-state index contributed by atoms with van der Waals surface area (Å²) in [5.41, 5.74) is 3.49. The first kappa shape index (κ1) is 26.7. The highest BCUT2D eigenvalue weighted by Crippen LogP contribution is 2.34. The molecule has 0 heterocycles. The summed E-state index contributed by atoms with van der Waals surface area (Å²) in [6.45, 7) is 3.53. The number of hydrogen-bond donors (Lipinski definition) is 2. The van der Waals surface area contributed by atoms with E-state index in [1.165, 1.54) is 37.5 Å². The fourth-order valence-electron chi connectivity index (χ4n) is 3.22. The summed E-state index contributed by atoms with van der Waals surface area (Å²) in [7, 11) is 1.45. The third kappa shape index (κ3) is 6.82. The lowest BCUT2D eigenvalue weighted by Gasteiger charge is -2.14. The lowest BCUT2D eigenvalue weighted by molar-refractivity contribution is -0.118. The van der Waals surface area contributed by atoms with Gasteiger partial charge in [0.25, 0.3) is 11.8 Å². The van der Waals surface area contributed by atoms with E-state index in [2.05, 4.69) is 10.6 Å². The van der Waals surface area contributed by atoms with Gasteiger partial charge in [-0.1, -0.05) is 12.1 Å². The Labute approximate surface area is 222 Å². The van der Waals surface area contributed by atoms with E-state index in [1.54, 1.807) is 18.2 Å². The van der Waals surface area contributed by atoms with Gasteiger partial charge in [-0.3, -0.25) is 9.59 Å². The zero-order chi connectivity index (χ0) is 26.2. The number of halogens is 2. The first-order valence-corrected chi connectivity index (χ1v) is 11.8. The predicted octanol–water partition coefficient (Wildman–Crippen LogP) is 5.62. The number of rotatable bonds is 8. The zero-order valence-corrected chi connectivity index (χ0v) is 22.0. The van der Waals surface area contributed by atoms with Gasteiger partial charge < -0.3 is 20.1 Å². The van der Waals surface area contributed by atoms with Crippen molar-refractivity contribution in [2.75, 3.05) is 24.4 Å². The highest BCUT2D eigenvalue weighted by Gasteiger charge is 2.16. The highest BCUT2D eigenvalue weighted by atomic mass is 127. The standard InChI is InChI=1S/C27H23FIN3O4/c1-16-5-4-6-23(17(16)2)32-27(34)19(14-30)11-18-12-22(29)26(24(13-18)35-3)36-15-25(33)31-21-9-7-20(28)8-10-21/h4-13H,15H2,1-3H3,(H,31,33)(H,32,34)/b19-11-. The summed E-state index contributed by atoms with van der Waals surface area (Å²) in [6, 6.07) is 16.2. The van der Waals surface area contributed by atoms with Gasteiger partial charge in [0.1, 0.15) is 17.5 Å². The van der Waals surface area contributed by atoms with Gasteiger partial charge in [-0.05, 0) is 102 Å². The minimum absolute atomic E-state index is 0.0823. The molecule has 3 rings (SSSR count). The number of nitrogens with one attached hydrogen (secondary N) is 2. The van der Waals surface area contributed by atoms with Crippen LogP contribution in [0.1, 0.15) is 16.7 Å². The lowest BCUT2D eigenvalue weighted by atomic mass is 10.1. The minimum atomic E-state index is -0.530. The Balaban J connectivity index is 1.75. The van der Waals surface area contributed by atoms with Crippen molar-refractivity contribution in [2.45, 2.75) is 13.8 Å². The van der Waals surface area contributed by atoms with Gasteiger partial charge >= 0.3 is 0 Å². The Hall–Kier alpha value is -3.91. The van der Waals surface area contributed by atoms with Crippen molar-refractivity contribution in [2.24, 2.45) is 0 Å². The van der Waals surface area contributed by atoms with E-state index in [9.17, 15) is 19.2 Å². The Morgan fingerprint density at radius 3 is 2.50 bits per heavy atom. The van der Waals surface area contributed by atoms with E-state index in [4.69, 9.17) is 9.47 Å². The van der Waals surface area contributed by atoms with Gasteiger partial charge in [-0.2, -0.15) is 5.26 Å². The number of nitriles is 1. The van der Waals surface area contributed by atoms with Crippen LogP contribution in [0.15, 0.2) is 60.2 Å². The van der Waals surface area contributed by atoms with E-state index < -0.39 is 17.6 Å². The van der Waals surface area contributed by atoms with Gasteiger partial charge in [0.2, 0.25) is 0 Å². The molecule has 2 amide bonds. The van der Waals surface area contributed by atoms with Crippen LogP contribution in [-0.2, 0) is 9.59 Å². The maximum absolute atomic E-state index is 13.0. The van der Waals surface area contributed by atoms with Crippen molar-refractivity contribution in [1.82, 2.24) is 0 Å². The van der Waals surface area contributed by atoms with E-state index >= 15 is 0 Å². The number of ether oxygens (including phenoxy) is 2. The molecule has 9 heteroatoms. The first-order valence-electron chi connectivity index (χ1n) is 10.8. The van der Waals surface area contributed by atoms with Gasteiger partial charge in [0, 0.05) is 11.4 Å². The average molecular weight is 599 g/mol. The molecule has 0 saturated carbocycles. The second-order valence-corrected chi connectivity index (χ2v) is 8.91. The number of benzene rings is 3. The van der Waals surface area contributed by atoms with Crippen LogP contribution < -0.4 is 20.1 Å². The van der Waals surface area contributed by atoms with Crippen molar-refractivity contribution >= 4 is 51.9 Å². The summed E-state index contributed by atoms with van der Waals surface area (Å²) in [6.07, 6.45) is 1.45. The average Bonchev–Trinajstić information content (AvgIpc) is 2.85. The van der Waals surface area contributed by atoms with Gasteiger partial charge in [0.05, 0.1) is 10.7 Å². The monoisotopic (exact) mass is 599 g/mol. The van der Waals surface area contributed by atoms with Crippen LogP contribution in [0.4, 0.5) is 15.8 Å². The molecule has 0 aliphatic heterocycles. The van der Waals surface area contributed by atoms with Crippen molar-refractivity contribution in [3.8, 4) is 17.6 Å². The maximum Gasteiger partial charge on any atom is 0.266 e. The van der Waals surface area contributed by atoms with Crippen molar-refractivity contribution in [3.05, 3.63) is 86.2 Å². The number of nitrogens with zero attached hydrogens (tertiary/aromatic N) is 1. The van der Waals surface area contributed by atoms with Gasteiger partial charge in [0.15, 0.2) is 18.1 Å². The molecule has 36 heavy (non-hydrogen) atoms. The van der Waals surface area contributed by atoms with E-state index in [1.807, 2.05) is 54.6 Å². The number of carbonyl (C=O) groups excluding carboxylic acids is 2. The van der Waals surface area contributed by atoms with Gasteiger partial charge in [-0.15, -0.1) is 0 Å². The van der Waals surface area contributed by atoms with Crippen LogP contribution in [0, 0.1) is 34.6 Å². The molecule has 0 radical (unpaired) electrons. The Bertz CT molecular complexity index is 1360. The van der Waals surface area contributed by atoms with Gasteiger partial charge in [-0.25, -0.2) is 4.39 Å².